The number of morpholine rings is 1. The second-order valence-electron chi connectivity index (χ2n) is 9.73. The molecule has 4 aliphatic heterocycles. The van der Waals surface area contributed by atoms with Crippen molar-refractivity contribution in [1.82, 2.24) is 15.8 Å². The molecule has 3 saturated heterocycles. The lowest BCUT2D eigenvalue weighted by molar-refractivity contribution is -0.149. The van der Waals surface area contributed by atoms with Crippen molar-refractivity contribution in [2.24, 2.45) is 5.41 Å². The molecule has 2 aromatic rings. The largest absolute Gasteiger partial charge is 0.447 e. The normalized spacial score (nSPS) is 27.6. The van der Waals surface area contributed by atoms with E-state index < -0.39 is 53.4 Å². The Bertz CT molecular complexity index is 1340. The van der Waals surface area contributed by atoms with E-state index in [1.54, 1.807) is 24.8 Å². The minimum atomic E-state index is -1.75. The maximum atomic E-state index is 16.1. The highest BCUT2D eigenvalue weighted by atomic mass is 19.1. The Labute approximate surface area is 209 Å². The number of urea groups is 1. The van der Waals surface area contributed by atoms with Crippen LogP contribution in [0.3, 0.4) is 0 Å². The quantitative estimate of drug-likeness (QED) is 0.560. The number of aromatic nitrogens is 1. The number of halogens is 1. The lowest BCUT2D eigenvalue weighted by atomic mass is 9.68. The Hall–Kier alpha value is -3.78. The van der Waals surface area contributed by atoms with Crippen LogP contribution in [0.1, 0.15) is 19.4 Å². The number of rotatable bonds is 3. The number of cyclic esters (lactones) is 1. The van der Waals surface area contributed by atoms with Gasteiger partial charge in [0, 0.05) is 20.1 Å². The Morgan fingerprint density at radius 3 is 2.65 bits per heavy atom. The van der Waals surface area contributed by atoms with Gasteiger partial charge in [-0.1, -0.05) is 5.16 Å². The summed E-state index contributed by atoms with van der Waals surface area (Å²) in [5, 5.41) is 8.53. The summed E-state index contributed by atoms with van der Waals surface area (Å²) in [5.74, 6) is -2.28. The van der Waals surface area contributed by atoms with Gasteiger partial charge in [0.15, 0.2) is 17.1 Å². The van der Waals surface area contributed by atoms with Crippen molar-refractivity contribution in [2.45, 2.75) is 44.6 Å². The van der Waals surface area contributed by atoms with Crippen LogP contribution >= 0.6 is 0 Å². The standard InChI is InChI=1S/C23H24FN5O8/c1-9-6-28-14(8-35-9)23(19(30)25-21(32)26-20(23)31)5-11-4-12-17(15(24)16(11)28)37-27-18(12)29-13(10(2)34-3)7-36-22(29)33/h4,9-10,13-14H,5-8H2,1-3H3,(H2,25,26,30,31,32)/t9-,10+,13+,14-/m1/s1. The number of carbonyl (C=O) groups excluding carboxylic acids is 4. The number of hydrogen-bond donors (Lipinski definition) is 2. The van der Waals surface area contributed by atoms with Crippen molar-refractivity contribution in [1.29, 1.82) is 0 Å². The summed E-state index contributed by atoms with van der Waals surface area (Å²) in [6.45, 7) is 3.74. The fourth-order valence-electron chi connectivity index (χ4n) is 5.77. The molecule has 0 bridgehead atoms. The molecule has 0 radical (unpaired) electrons. The first-order valence-electron chi connectivity index (χ1n) is 11.8. The molecule has 14 heteroatoms. The van der Waals surface area contributed by atoms with Gasteiger partial charge in [0.25, 0.3) is 0 Å². The van der Waals surface area contributed by atoms with E-state index in [0.717, 1.165) is 0 Å². The lowest BCUT2D eigenvalue weighted by Gasteiger charge is -2.52. The van der Waals surface area contributed by atoms with E-state index in [4.69, 9.17) is 18.7 Å². The monoisotopic (exact) mass is 517 g/mol. The predicted octanol–water partition coefficient (Wildman–Crippen LogP) is 0.829. The molecule has 1 spiro atoms. The molecule has 5 heterocycles. The van der Waals surface area contributed by atoms with Gasteiger partial charge >= 0.3 is 12.1 Å². The molecule has 1 aromatic carbocycles. The van der Waals surface area contributed by atoms with Crippen molar-refractivity contribution in [3.63, 3.8) is 0 Å². The third kappa shape index (κ3) is 3.18. The molecule has 0 unspecified atom stereocenters. The predicted molar refractivity (Wildman–Crippen MR) is 122 cm³/mol. The minimum absolute atomic E-state index is 0.0346. The molecule has 2 N–H and O–H groups in total. The van der Waals surface area contributed by atoms with Crippen LogP contribution in [-0.4, -0.2) is 80.3 Å². The molecular formula is C23H24FN5O8. The van der Waals surface area contributed by atoms with Gasteiger partial charge in [-0.25, -0.2) is 18.9 Å². The third-order valence-electron chi connectivity index (χ3n) is 7.75. The summed E-state index contributed by atoms with van der Waals surface area (Å²) < 4.78 is 37.9. The number of carbonyl (C=O) groups is 4. The SMILES string of the molecule is CO[C@@H](C)[C@@H]1COC(=O)N1c1noc2c(F)c3c(cc12)CC1(C(=O)NC(=O)NC1=O)[C@H]1CO[C@H](C)CN31. The number of fused-ring (bicyclic) bond motifs is 5. The number of nitrogens with one attached hydrogen (secondary N) is 2. The second kappa shape index (κ2) is 8.11. The van der Waals surface area contributed by atoms with Gasteiger partial charge < -0.3 is 23.6 Å². The lowest BCUT2D eigenvalue weighted by Crippen LogP contribution is -2.73. The van der Waals surface area contributed by atoms with Crippen molar-refractivity contribution >= 4 is 46.4 Å². The minimum Gasteiger partial charge on any atom is -0.447 e. The summed E-state index contributed by atoms with van der Waals surface area (Å²) in [4.78, 5) is 53.8. The zero-order valence-corrected chi connectivity index (χ0v) is 20.2. The van der Waals surface area contributed by atoms with Crippen molar-refractivity contribution in [3.05, 3.63) is 17.4 Å². The van der Waals surface area contributed by atoms with Crippen LogP contribution in [0, 0.1) is 11.2 Å². The van der Waals surface area contributed by atoms with Crippen molar-refractivity contribution in [3.8, 4) is 0 Å². The zero-order valence-electron chi connectivity index (χ0n) is 20.2. The third-order valence-corrected chi connectivity index (χ3v) is 7.75. The average Bonchev–Trinajstić information content (AvgIpc) is 3.44. The van der Waals surface area contributed by atoms with Gasteiger partial charge in [0.2, 0.25) is 17.4 Å². The Kier molecular flexibility index (Phi) is 5.18. The molecular weight excluding hydrogens is 493 g/mol. The number of benzene rings is 1. The van der Waals surface area contributed by atoms with Gasteiger partial charge in [-0.15, -0.1) is 0 Å². The Morgan fingerprint density at radius 1 is 1.22 bits per heavy atom. The first kappa shape index (κ1) is 23.6. The fourth-order valence-corrected chi connectivity index (χ4v) is 5.77. The molecule has 13 nitrogen and oxygen atoms in total. The van der Waals surface area contributed by atoms with Gasteiger partial charge in [-0.2, -0.15) is 0 Å². The van der Waals surface area contributed by atoms with E-state index >= 15 is 4.39 Å². The fraction of sp³-hybridized carbons (Fsp3) is 0.522. The van der Waals surface area contributed by atoms with E-state index in [2.05, 4.69) is 15.8 Å². The number of amides is 5. The number of imide groups is 2. The summed E-state index contributed by atoms with van der Waals surface area (Å²) in [7, 11) is 1.49. The molecule has 4 aliphatic rings. The van der Waals surface area contributed by atoms with Crippen LogP contribution in [0.15, 0.2) is 10.6 Å². The van der Waals surface area contributed by atoms with E-state index in [0.29, 0.717) is 5.56 Å². The van der Waals surface area contributed by atoms with Crippen LogP contribution in [0.25, 0.3) is 11.0 Å². The summed E-state index contributed by atoms with van der Waals surface area (Å²) >= 11 is 0. The molecule has 5 amide bonds. The molecule has 37 heavy (non-hydrogen) atoms. The van der Waals surface area contributed by atoms with E-state index in [-0.39, 0.29) is 54.8 Å². The average molecular weight is 517 g/mol. The zero-order chi connectivity index (χ0) is 26.2. The number of hydrogen-bond acceptors (Lipinski definition) is 10. The number of methoxy groups -OCH3 is 1. The van der Waals surface area contributed by atoms with E-state index in [1.165, 1.54) is 12.0 Å². The highest BCUT2D eigenvalue weighted by Crippen LogP contribution is 2.48. The topological polar surface area (TPSA) is 153 Å². The van der Waals surface area contributed by atoms with Gasteiger partial charge in [-0.05, 0) is 25.5 Å². The van der Waals surface area contributed by atoms with Crippen LogP contribution in [0.5, 0.6) is 0 Å². The highest BCUT2D eigenvalue weighted by molar-refractivity contribution is 6.20. The van der Waals surface area contributed by atoms with Gasteiger partial charge in [-0.3, -0.25) is 20.2 Å². The van der Waals surface area contributed by atoms with Crippen LogP contribution in [0.4, 0.5) is 25.5 Å². The molecule has 6 rings (SSSR count). The number of ether oxygens (including phenoxy) is 3. The molecule has 3 fully saturated rings. The molecule has 1 aromatic heterocycles. The first-order chi connectivity index (χ1) is 17.7. The van der Waals surface area contributed by atoms with Crippen molar-refractivity contribution < 1.29 is 42.3 Å². The number of nitrogens with zero attached hydrogens (tertiary/aromatic N) is 3. The number of barbiturate groups is 1. The van der Waals surface area contributed by atoms with Gasteiger partial charge in [0.05, 0.1) is 35.9 Å². The Balaban J connectivity index is 1.54. The molecule has 4 atom stereocenters. The second-order valence-corrected chi connectivity index (χ2v) is 9.73. The summed E-state index contributed by atoms with van der Waals surface area (Å²) in [6.07, 6.45) is -1.66. The molecule has 0 saturated carbocycles. The highest BCUT2D eigenvalue weighted by Gasteiger charge is 2.61. The molecule has 196 valence electrons. The maximum absolute atomic E-state index is 16.1. The number of anilines is 2. The summed E-state index contributed by atoms with van der Waals surface area (Å²) in [6, 6.07) is -0.771. The van der Waals surface area contributed by atoms with Crippen LogP contribution in [0.2, 0.25) is 0 Å². The van der Waals surface area contributed by atoms with E-state index in [1.807, 2.05) is 0 Å². The maximum Gasteiger partial charge on any atom is 0.416 e. The van der Waals surface area contributed by atoms with Crippen molar-refractivity contribution in [2.75, 3.05) is 36.7 Å². The van der Waals surface area contributed by atoms with Crippen LogP contribution < -0.4 is 20.4 Å². The molecule has 0 aliphatic carbocycles. The summed E-state index contributed by atoms with van der Waals surface area (Å²) in [5.41, 5.74) is -1.45. The van der Waals surface area contributed by atoms with Gasteiger partial charge in [0.1, 0.15) is 12.6 Å². The first-order valence-corrected chi connectivity index (χ1v) is 11.8. The van der Waals surface area contributed by atoms with Crippen LogP contribution in [-0.2, 0) is 30.2 Å². The van der Waals surface area contributed by atoms with E-state index in [9.17, 15) is 19.2 Å². The smallest absolute Gasteiger partial charge is 0.416 e. The Morgan fingerprint density at radius 2 is 1.95 bits per heavy atom.